The average Bonchev–Trinajstić information content (AvgIpc) is 3.16. The van der Waals surface area contributed by atoms with Gasteiger partial charge in [-0.2, -0.15) is 5.10 Å². The third kappa shape index (κ3) is 4.78. The Morgan fingerprint density at radius 2 is 1.96 bits per heavy atom. The quantitative estimate of drug-likeness (QED) is 0.571. The molecule has 0 fully saturated rings. The molecule has 0 saturated carbocycles. The van der Waals surface area contributed by atoms with Crippen LogP contribution in [0.4, 0.5) is 0 Å². The molecule has 0 radical (unpaired) electrons. The fourth-order valence-corrected chi connectivity index (χ4v) is 3.35. The van der Waals surface area contributed by atoms with Crippen LogP contribution in [0.15, 0.2) is 53.9 Å². The molecule has 0 aliphatic heterocycles. The number of thioether (sulfide) groups is 1. The van der Waals surface area contributed by atoms with Crippen LogP contribution in [-0.2, 0) is 5.75 Å². The number of halogens is 2. The van der Waals surface area contributed by atoms with Gasteiger partial charge in [-0.05, 0) is 42.3 Å². The first-order chi connectivity index (χ1) is 12.5. The Balaban J connectivity index is 1.59. The fourth-order valence-electron chi connectivity index (χ4n) is 2.31. The van der Waals surface area contributed by atoms with E-state index in [2.05, 4.69) is 20.5 Å². The number of aromatic amines is 1. The van der Waals surface area contributed by atoms with Crippen LogP contribution in [0.3, 0.4) is 0 Å². The van der Waals surface area contributed by atoms with E-state index in [1.807, 2.05) is 37.3 Å². The van der Waals surface area contributed by atoms with E-state index in [4.69, 9.17) is 23.2 Å². The van der Waals surface area contributed by atoms with Gasteiger partial charge in [-0.1, -0.05) is 53.2 Å². The topological polar surface area (TPSA) is 70.7 Å². The smallest absolute Gasteiger partial charge is 0.251 e. The Kier molecular flexibility index (Phi) is 6.19. The highest BCUT2D eigenvalue weighted by molar-refractivity contribution is 7.98. The van der Waals surface area contributed by atoms with Crippen LogP contribution >= 0.6 is 35.0 Å². The second-order valence-corrected chi connectivity index (χ2v) is 7.42. The van der Waals surface area contributed by atoms with Crippen molar-refractivity contribution < 1.29 is 4.79 Å². The lowest BCUT2D eigenvalue weighted by atomic mass is 10.1. The lowest BCUT2D eigenvalue weighted by Crippen LogP contribution is -2.26. The Bertz CT molecular complexity index is 885. The van der Waals surface area contributed by atoms with Crippen molar-refractivity contribution >= 4 is 40.9 Å². The standard InChI is InChI=1S/C18H16Cl2N4OS/c1-11(14-6-7-15(19)16(20)8-14)23-17(25)13-4-2-12(3-5-13)9-26-18-21-10-22-24-18/h2-8,10-11H,9H2,1H3,(H,23,25)(H,21,22,24). The summed E-state index contributed by atoms with van der Waals surface area (Å²) in [6.07, 6.45) is 1.48. The third-order valence-electron chi connectivity index (χ3n) is 3.78. The Labute approximate surface area is 165 Å². The zero-order valence-corrected chi connectivity index (χ0v) is 16.2. The van der Waals surface area contributed by atoms with Gasteiger partial charge in [-0.15, -0.1) is 0 Å². The van der Waals surface area contributed by atoms with Gasteiger partial charge in [0.15, 0.2) is 5.16 Å². The third-order valence-corrected chi connectivity index (χ3v) is 5.46. The van der Waals surface area contributed by atoms with Crippen LogP contribution in [0.5, 0.6) is 0 Å². The maximum atomic E-state index is 12.4. The molecule has 3 rings (SSSR count). The lowest BCUT2D eigenvalue weighted by Gasteiger charge is -2.15. The molecule has 0 bridgehead atoms. The van der Waals surface area contributed by atoms with Gasteiger partial charge < -0.3 is 5.32 Å². The molecule has 1 heterocycles. The van der Waals surface area contributed by atoms with E-state index in [-0.39, 0.29) is 11.9 Å². The van der Waals surface area contributed by atoms with Gasteiger partial charge in [0.25, 0.3) is 5.91 Å². The van der Waals surface area contributed by atoms with E-state index in [1.165, 1.54) is 6.33 Å². The number of hydrogen-bond acceptors (Lipinski definition) is 4. The molecule has 8 heteroatoms. The van der Waals surface area contributed by atoms with Crippen LogP contribution in [0.2, 0.25) is 10.0 Å². The molecule has 3 aromatic rings. The van der Waals surface area contributed by atoms with Crippen molar-refractivity contribution in [2.75, 3.05) is 0 Å². The summed E-state index contributed by atoms with van der Waals surface area (Å²) in [5.74, 6) is 0.606. The zero-order valence-electron chi connectivity index (χ0n) is 13.9. The summed E-state index contributed by atoms with van der Waals surface area (Å²) in [6, 6.07) is 12.6. The number of H-pyrrole nitrogens is 1. The second-order valence-electron chi connectivity index (χ2n) is 5.64. The normalized spacial score (nSPS) is 12.0. The van der Waals surface area contributed by atoms with Crippen LogP contribution in [-0.4, -0.2) is 21.1 Å². The van der Waals surface area contributed by atoms with Crippen LogP contribution in [0.25, 0.3) is 0 Å². The number of hydrogen-bond donors (Lipinski definition) is 2. The average molecular weight is 407 g/mol. The minimum atomic E-state index is -0.182. The SMILES string of the molecule is CC(NC(=O)c1ccc(CSc2ncn[nH]2)cc1)c1ccc(Cl)c(Cl)c1. The first-order valence-corrected chi connectivity index (χ1v) is 9.60. The predicted octanol–water partition coefficient (Wildman–Crippen LogP) is 4.89. The molecular formula is C18H16Cl2N4OS. The summed E-state index contributed by atoms with van der Waals surface area (Å²) >= 11 is 13.5. The van der Waals surface area contributed by atoms with Gasteiger partial charge in [-0.25, -0.2) is 4.98 Å². The van der Waals surface area contributed by atoms with E-state index in [0.717, 1.165) is 22.0 Å². The maximum absolute atomic E-state index is 12.4. The number of nitrogens with one attached hydrogen (secondary N) is 2. The molecule has 0 spiro atoms. The Morgan fingerprint density at radius 3 is 2.62 bits per heavy atom. The number of carbonyl (C=O) groups is 1. The first kappa shape index (κ1) is 18.8. The molecule has 1 amide bonds. The van der Waals surface area contributed by atoms with Crippen molar-refractivity contribution in [1.29, 1.82) is 0 Å². The van der Waals surface area contributed by atoms with E-state index < -0.39 is 0 Å². The Hall–Kier alpha value is -2.02. The first-order valence-electron chi connectivity index (χ1n) is 7.86. The molecule has 2 N–H and O–H groups in total. The van der Waals surface area contributed by atoms with E-state index in [0.29, 0.717) is 15.6 Å². The molecule has 1 atom stereocenters. The van der Waals surface area contributed by atoms with Gasteiger partial charge in [-0.3, -0.25) is 9.89 Å². The van der Waals surface area contributed by atoms with Gasteiger partial charge in [0.1, 0.15) is 6.33 Å². The van der Waals surface area contributed by atoms with Gasteiger partial charge in [0, 0.05) is 11.3 Å². The fraction of sp³-hybridized carbons (Fsp3) is 0.167. The van der Waals surface area contributed by atoms with Gasteiger partial charge in [0.05, 0.1) is 16.1 Å². The molecule has 2 aromatic carbocycles. The van der Waals surface area contributed by atoms with E-state index in [9.17, 15) is 4.79 Å². The number of aromatic nitrogens is 3. The maximum Gasteiger partial charge on any atom is 0.251 e. The number of amides is 1. The summed E-state index contributed by atoms with van der Waals surface area (Å²) in [6.45, 7) is 1.90. The molecule has 0 saturated heterocycles. The minimum absolute atomic E-state index is 0.141. The summed E-state index contributed by atoms with van der Waals surface area (Å²) in [4.78, 5) is 16.5. The molecule has 1 unspecified atom stereocenters. The number of benzene rings is 2. The molecule has 0 aliphatic carbocycles. The summed E-state index contributed by atoms with van der Waals surface area (Å²) in [5, 5.41) is 11.3. The highest BCUT2D eigenvalue weighted by atomic mass is 35.5. The lowest BCUT2D eigenvalue weighted by molar-refractivity contribution is 0.0940. The van der Waals surface area contributed by atoms with Crippen molar-refractivity contribution in [3.63, 3.8) is 0 Å². The van der Waals surface area contributed by atoms with Crippen LogP contribution < -0.4 is 5.32 Å². The molecule has 5 nitrogen and oxygen atoms in total. The molecule has 26 heavy (non-hydrogen) atoms. The summed E-state index contributed by atoms with van der Waals surface area (Å²) < 4.78 is 0. The highest BCUT2D eigenvalue weighted by Crippen LogP contribution is 2.25. The minimum Gasteiger partial charge on any atom is -0.346 e. The zero-order chi connectivity index (χ0) is 18.5. The predicted molar refractivity (Wildman–Crippen MR) is 105 cm³/mol. The molecule has 0 aliphatic rings. The van der Waals surface area contributed by atoms with Crippen molar-refractivity contribution in [2.24, 2.45) is 0 Å². The van der Waals surface area contributed by atoms with Crippen molar-refractivity contribution in [2.45, 2.75) is 23.9 Å². The second kappa shape index (κ2) is 8.58. The van der Waals surface area contributed by atoms with Crippen molar-refractivity contribution in [3.05, 3.63) is 75.5 Å². The van der Waals surface area contributed by atoms with Gasteiger partial charge in [0.2, 0.25) is 0 Å². The Morgan fingerprint density at radius 1 is 1.19 bits per heavy atom. The van der Waals surface area contributed by atoms with E-state index >= 15 is 0 Å². The van der Waals surface area contributed by atoms with Gasteiger partial charge >= 0.3 is 0 Å². The number of carbonyl (C=O) groups excluding carboxylic acids is 1. The van der Waals surface area contributed by atoms with Crippen LogP contribution in [0, 0.1) is 0 Å². The monoisotopic (exact) mass is 406 g/mol. The number of rotatable bonds is 6. The largest absolute Gasteiger partial charge is 0.346 e. The number of nitrogens with zero attached hydrogens (tertiary/aromatic N) is 2. The van der Waals surface area contributed by atoms with E-state index in [1.54, 1.807) is 23.9 Å². The van der Waals surface area contributed by atoms with Crippen LogP contribution in [0.1, 0.15) is 34.5 Å². The summed E-state index contributed by atoms with van der Waals surface area (Å²) in [5.41, 5.74) is 2.60. The summed E-state index contributed by atoms with van der Waals surface area (Å²) in [7, 11) is 0. The van der Waals surface area contributed by atoms with Crippen molar-refractivity contribution in [1.82, 2.24) is 20.5 Å². The molecule has 134 valence electrons. The van der Waals surface area contributed by atoms with Crippen molar-refractivity contribution in [3.8, 4) is 0 Å². The molecule has 1 aromatic heterocycles. The molecular weight excluding hydrogens is 391 g/mol. The highest BCUT2D eigenvalue weighted by Gasteiger charge is 2.12.